The van der Waals surface area contributed by atoms with E-state index in [1.54, 1.807) is 14.5 Å². The molecule has 2 N–H and O–H groups in total. The second-order valence-electron chi connectivity index (χ2n) is 11.3. The van der Waals surface area contributed by atoms with Gasteiger partial charge in [0.15, 0.2) is 0 Å². The van der Waals surface area contributed by atoms with Crippen LogP contribution in [0, 0.1) is 5.41 Å². The van der Waals surface area contributed by atoms with Crippen molar-refractivity contribution in [3.63, 3.8) is 0 Å². The van der Waals surface area contributed by atoms with Crippen molar-refractivity contribution in [2.45, 2.75) is 70.4 Å². The van der Waals surface area contributed by atoms with Crippen molar-refractivity contribution in [1.29, 1.82) is 0 Å². The summed E-state index contributed by atoms with van der Waals surface area (Å²) in [5, 5.41) is 14.6. The van der Waals surface area contributed by atoms with Crippen LogP contribution in [0.2, 0.25) is 0 Å². The number of carbonyl (C=O) groups is 4. The number of hydrogen-bond donors (Lipinski definition) is 2. The first-order chi connectivity index (χ1) is 19.4. The highest BCUT2D eigenvalue weighted by atomic mass is 16.2. The van der Waals surface area contributed by atoms with E-state index in [1.807, 2.05) is 36.5 Å². The van der Waals surface area contributed by atoms with Gasteiger partial charge in [0.05, 0.1) is 17.7 Å². The Morgan fingerprint density at radius 3 is 2.58 bits per heavy atom. The third-order valence-electron chi connectivity index (χ3n) is 8.43. The molecule has 214 valence electrons. The van der Waals surface area contributed by atoms with Crippen molar-refractivity contribution in [1.82, 2.24) is 35.4 Å². The molecule has 1 atom stereocenters. The molecule has 1 aromatic carbocycles. The van der Waals surface area contributed by atoms with Crippen LogP contribution in [0.1, 0.15) is 56.2 Å². The van der Waals surface area contributed by atoms with Gasteiger partial charge in [-0.05, 0) is 37.7 Å². The number of hydrogen-bond acceptors (Lipinski definition) is 6. The molecule has 11 nitrogen and oxygen atoms in total. The Kier molecular flexibility index (Phi) is 8.76. The minimum Gasteiger partial charge on any atom is -0.354 e. The van der Waals surface area contributed by atoms with Crippen LogP contribution in [0.3, 0.4) is 0 Å². The van der Waals surface area contributed by atoms with Gasteiger partial charge < -0.3 is 20.4 Å². The molecule has 5 rings (SSSR count). The van der Waals surface area contributed by atoms with Gasteiger partial charge in [0, 0.05) is 58.2 Å². The van der Waals surface area contributed by atoms with Crippen LogP contribution in [-0.2, 0) is 38.6 Å². The zero-order chi connectivity index (χ0) is 28.0. The van der Waals surface area contributed by atoms with E-state index in [9.17, 15) is 19.2 Å². The first kappa shape index (κ1) is 27.8. The number of fused-ring (bicyclic) bond motifs is 2. The maximum absolute atomic E-state index is 14.0. The molecule has 0 saturated carbocycles. The largest absolute Gasteiger partial charge is 0.354 e. The Balaban J connectivity index is 1.33. The highest BCUT2D eigenvalue weighted by Crippen LogP contribution is 2.36. The number of rotatable bonds is 4. The summed E-state index contributed by atoms with van der Waals surface area (Å²) in [4.78, 5) is 56.3. The average Bonchev–Trinajstić information content (AvgIpc) is 3.30. The van der Waals surface area contributed by atoms with Gasteiger partial charge in [0.1, 0.15) is 6.04 Å². The van der Waals surface area contributed by atoms with Crippen molar-refractivity contribution in [2.24, 2.45) is 5.41 Å². The molecule has 3 aliphatic rings. The maximum atomic E-state index is 14.0. The van der Waals surface area contributed by atoms with Crippen molar-refractivity contribution < 1.29 is 19.2 Å². The van der Waals surface area contributed by atoms with Crippen molar-refractivity contribution in [3.8, 4) is 0 Å². The summed E-state index contributed by atoms with van der Waals surface area (Å²) in [5.74, 6) is -0.450. The molecular weight excluding hydrogens is 510 g/mol. The molecule has 4 amide bonds. The van der Waals surface area contributed by atoms with Gasteiger partial charge in [-0.2, -0.15) is 0 Å². The molecule has 2 saturated heterocycles. The SMILES string of the molecule is O=C1NCCCn2cc(nn2)CC2(CCN(C(=O)CN3CCCCCC3=O)CC2)C(=O)N[C@H]1Cc1ccccc1. The lowest BCUT2D eigenvalue weighted by molar-refractivity contribution is -0.145. The quantitative estimate of drug-likeness (QED) is 0.587. The summed E-state index contributed by atoms with van der Waals surface area (Å²) in [6.45, 7) is 2.59. The Hall–Kier alpha value is -3.76. The lowest BCUT2D eigenvalue weighted by Gasteiger charge is -2.41. The van der Waals surface area contributed by atoms with Crippen LogP contribution in [0.25, 0.3) is 0 Å². The summed E-state index contributed by atoms with van der Waals surface area (Å²) >= 11 is 0. The molecule has 1 aromatic heterocycles. The number of aromatic nitrogens is 3. The second kappa shape index (κ2) is 12.6. The van der Waals surface area contributed by atoms with Crippen LogP contribution >= 0.6 is 0 Å². The zero-order valence-electron chi connectivity index (χ0n) is 23.0. The number of aryl methyl sites for hydroxylation is 1. The zero-order valence-corrected chi connectivity index (χ0v) is 23.0. The second-order valence-corrected chi connectivity index (χ2v) is 11.3. The summed E-state index contributed by atoms with van der Waals surface area (Å²) in [6, 6.07) is 8.95. The molecule has 2 fully saturated rings. The molecule has 0 aliphatic carbocycles. The molecule has 1 spiro atoms. The summed E-state index contributed by atoms with van der Waals surface area (Å²) in [6.07, 6.45) is 7.50. The Morgan fingerprint density at radius 2 is 1.77 bits per heavy atom. The Bertz CT molecular complexity index is 1210. The third-order valence-corrected chi connectivity index (χ3v) is 8.43. The highest BCUT2D eigenvalue weighted by Gasteiger charge is 2.44. The Morgan fingerprint density at radius 1 is 0.975 bits per heavy atom. The number of amides is 4. The van der Waals surface area contributed by atoms with E-state index in [0.717, 1.165) is 30.5 Å². The van der Waals surface area contributed by atoms with Crippen LogP contribution in [0.5, 0.6) is 0 Å². The van der Waals surface area contributed by atoms with Gasteiger partial charge in [-0.3, -0.25) is 23.9 Å². The minimum atomic E-state index is -0.834. The minimum absolute atomic E-state index is 0.0414. The molecule has 40 heavy (non-hydrogen) atoms. The topological polar surface area (TPSA) is 130 Å². The van der Waals surface area contributed by atoms with E-state index in [1.165, 1.54) is 0 Å². The number of carbonyl (C=O) groups excluding carboxylic acids is 4. The van der Waals surface area contributed by atoms with Crippen molar-refractivity contribution in [2.75, 3.05) is 32.7 Å². The van der Waals surface area contributed by atoms with Gasteiger partial charge in [-0.1, -0.05) is 42.0 Å². The average molecular weight is 550 g/mol. The number of piperidine rings is 1. The molecule has 0 radical (unpaired) electrons. The van der Waals surface area contributed by atoms with E-state index in [-0.39, 0.29) is 30.2 Å². The maximum Gasteiger partial charge on any atom is 0.242 e. The first-order valence-electron chi connectivity index (χ1n) is 14.5. The number of nitrogens with one attached hydrogen (secondary N) is 2. The fourth-order valence-corrected chi connectivity index (χ4v) is 5.96. The van der Waals surface area contributed by atoms with Crippen LogP contribution in [0.4, 0.5) is 0 Å². The van der Waals surface area contributed by atoms with Crippen LogP contribution < -0.4 is 10.6 Å². The van der Waals surface area contributed by atoms with E-state index in [2.05, 4.69) is 20.9 Å². The normalized spacial score (nSPS) is 22.4. The van der Waals surface area contributed by atoms with Gasteiger partial charge in [-0.25, -0.2) is 0 Å². The predicted octanol–water partition coefficient (Wildman–Crippen LogP) is 1.08. The van der Waals surface area contributed by atoms with Gasteiger partial charge in [-0.15, -0.1) is 5.10 Å². The molecular formula is C29H39N7O4. The highest BCUT2D eigenvalue weighted by molar-refractivity contribution is 5.91. The monoisotopic (exact) mass is 549 g/mol. The standard InChI is InChI=1S/C29H39N7O4/c37-25-10-5-2-6-14-35(25)21-26(38)34-16-11-29(12-17-34)19-23-20-36(33-32-23)15-7-13-30-27(39)24(31-28(29)40)18-22-8-3-1-4-9-22/h1,3-4,8-9,20,24H,2,5-7,10-19,21H2,(H,30,39)(H,31,40)/t24-/m0/s1. The van der Waals surface area contributed by atoms with E-state index < -0.39 is 11.5 Å². The van der Waals surface area contributed by atoms with E-state index in [0.29, 0.717) is 71.2 Å². The van der Waals surface area contributed by atoms with Crippen LogP contribution in [0.15, 0.2) is 36.5 Å². The molecule has 3 aliphatic heterocycles. The smallest absolute Gasteiger partial charge is 0.242 e. The van der Waals surface area contributed by atoms with Crippen LogP contribution in [-0.4, -0.2) is 87.2 Å². The fourth-order valence-electron chi connectivity index (χ4n) is 5.96. The number of likely N-dealkylation sites (tertiary alicyclic amines) is 2. The van der Waals surface area contributed by atoms with Crippen molar-refractivity contribution >= 4 is 23.6 Å². The molecule has 4 heterocycles. The summed E-state index contributed by atoms with van der Waals surface area (Å²) in [5.41, 5.74) is 0.856. The lowest BCUT2D eigenvalue weighted by atomic mass is 9.73. The Labute approximate surface area is 234 Å². The summed E-state index contributed by atoms with van der Waals surface area (Å²) in [7, 11) is 0. The number of nitrogens with zero attached hydrogens (tertiary/aromatic N) is 5. The molecule has 11 heteroatoms. The van der Waals surface area contributed by atoms with Gasteiger partial charge in [0.2, 0.25) is 23.6 Å². The first-order valence-corrected chi connectivity index (χ1v) is 14.5. The fraction of sp³-hybridized carbons (Fsp3) is 0.586. The van der Waals surface area contributed by atoms with Gasteiger partial charge in [0.25, 0.3) is 0 Å². The van der Waals surface area contributed by atoms with E-state index >= 15 is 0 Å². The number of benzene rings is 1. The molecule has 2 bridgehead atoms. The van der Waals surface area contributed by atoms with Crippen molar-refractivity contribution in [3.05, 3.63) is 47.8 Å². The molecule has 0 unspecified atom stereocenters. The summed E-state index contributed by atoms with van der Waals surface area (Å²) < 4.78 is 1.75. The molecule has 2 aromatic rings. The predicted molar refractivity (Wildman–Crippen MR) is 147 cm³/mol. The lowest BCUT2D eigenvalue weighted by Crippen LogP contribution is -2.57. The third kappa shape index (κ3) is 6.68. The van der Waals surface area contributed by atoms with E-state index in [4.69, 9.17) is 0 Å². The van der Waals surface area contributed by atoms with Gasteiger partial charge >= 0.3 is 0 Å².